The summed E-state index contributed by atoms with van der Waals surface area (Å²) in [7, 11) is 0. The van der Waals surface area contributed by atoms with Crippen molar-refractivity contribution in [1.29, 1.82) is 0 Å². The summed E-state index contributed by atoms with van der Waals surface area (Å²) < 4.78 is 20.8. The highest BCUT2D eigenvalue weighted by atomic mass is 35.5. The Kier molecular flexibility index (Phi) is 4.39. The van der Waals surface area contributed by atoms with Crippen LogP contribution in [-0.4, -0.2) is 16.1 Å². The normalized spacial score (nSPS) is 10.6. The molecule has 4 nitrogen and oxygen atoms in total. The summed E-state index contributed by atoms with van der Waals surface area (Å²) in [6.45, 7) is 4.39. The molecule has 1 aromatic carbocycles. The topological polar surface area (TPSA) is 44.1 Å². The Balaban J connectivity index is 2.28. The van der Waals surface area contributed by atoms with E-state index < -0.39 is 5.82 Å². The summed E-state index contributed by atoms with van der Waals surface area (Å²) in [5, 5.41) is 4.74. The number of benzene rings is 1. The van der Waals surface area contributed by atoms with Crippen LogP contribution in [0.4, 0.5) is 4.39 Å². The summed E-state index contributed by atoms with van der Waals surface area (Å²) in [6.07, 6.45) is 0.558. The zero-order valence-corrected chi connectivity index (χ0v) is 11.9. The van der Waals surface area contributed by atoms with Crippen molar-refractivity contribution in [3.63, 3.8) is 0 Å². The lowest BCUT2D eigenvalue weighted by atomic mass is 10.2. The summed E-state index contributed by atoms with van der Waals surface area (Å²) in [5.74, 6) is -0.648. The lowest BCUT2D eigenvalue weighted by Crippen LogP contribution is -2.08. The van der Waals surface area contributed by atoms with E-state index in [1.54, 1.807) is 11.6 Å². The number of hydrogen-bond donors (Lipinski definition) is 0. The van der Waals surface area contributed by atoms with Crippen LogP contribution in [0.5, 0.6) is 5.75 Å². The molecule has 2 rings (SSSR count). The van der Waals surface area contributed by atoms with Crippen molar-refractivity contribution in [2.75, 3.05) is 0 Å². The monoisotopic (exact) mass is 296 g/mol. The minimum atomic E-state index is -0.579. The fourth-order valence-electron chi connectivity index (χ4n) is 1.92. The lowest BCUT2D eigenvalue weighted by molar-refractivity contribution is 0.111. The Labute approximate surface area is 121 Å². The van der Waals surface area contributed by atoms with Crippen LogP contribution in [0.25, 0.3) is 0 Å². The molecule has 0 saturated carbocycles. The van der Waals surface area contributed by atoms with E-state index in [0.717, 1.165) is 0 Å². The largest absolute Gasteiger partial charge is 0.483 e. The molecule has 6 heteroatoms. The fraction of sp³-hybridized carbons (Fsp3) is 0.286. The predicted octanol–water partition coefficient (Wildman–Crippen LogP) is 3.40. The maximum Gasteiger partial charge on any atom is 0.166 e. The molecule has 20 heavy (non-hydrogen) atoms. The first-order chi connectivity index (χ1) is 9.58. The first-order valence-electron chi connectivity index (χ1n) is 6.16. The van der Waals surface area contributed by atoms with E-state index in [0.29, 0.717) is 29.2 Å². The van der Waals surface area contributed by atoms with E-state index >= 15 is 0 Å². The van der Waals surface area contributed by atoms with Gasteiger partial charge >= 0.3 is 0 Å². The van der Waals surface area contributed by atoms with Crippen molar-refractivity contribution in [1.82, 2.24) is 9.78 Å². The maximum atomic E-state index is 13.7. The van der Waals surface area contributed by atoms with Gasteiger partial charge in [0.2, 0.25) is 0 Å². The van der Waals surface area contributed by atoms with Gasteiger partial charge in [0.1, 0.15) is 6.61 Å². The van der Waals surface area contributed by atoms with Gasteiger partial charge < -0.3 is 4.74 Å². The number of carbonyl (C=O) groups excluding carboxylic acids is 1. The molecule has 0 fully saturated rings. The molecule has 0 aliphatic rings. The van der Waals surface area contributed by atoms with Crippen molar-refractivity contribution < 1.29 is 13.9 Å². The van der Waals surface area contributed by atoms with Crippen LogP contribution in [0.15, 0.2) is 18.2 Å². The van der Waals surface area contributed by atoms with Gasteiger partial charge in [-0.3, -0.25) is 9.48 Å². The molecule has 0 atom stereocenters. The van der Waals surface area contributed by atoms with Crippen molar-refractivity contribution >= 4 is 17.9 Å². The van der Waals surface area contributed by atoms with E-state index in [-0.39, 0.29) is 17.9 Å². The number of aldehydes is 1. The highest BCUT2D eigenvalue weighted by Gasteiger charge is 2.15. The third kappa shape index (κ3) is 2.67. The zero-order chi connectivity index (χ0) is 14.7. The van der Waals surface area contributed by atoms with Gasteiger partial charge in [0.05, 0.1) is 22.0 Å². The van der Waals surface area contributed by atoms with Crippen LogP contribution in [0.2, 0.25) is 5.02 Å². The summed E-state index contributed by atoms with van der Waals surface area (Å²) in [4.78, 5) is 10.9. The quantitative estimate of drug-likeness (QED) is 0.794. The van der Waals surface area contributed by atoms with Crippen LogP contribution in [0, 0.1) is 12.7 Å². The van der Waals surface area contributed by atoms with E-state index in [9.17, 15) is 9.18 Å². The third-order valence-electron chi connectivity index (χ3n) is 2.93. The second-order valence-corrected chi connectivity index (χ2v) is 4.60. The van der Waals surface area contributed by atoms with Gasteiger partial charge in [0.25, 0.3) is 0 Å². The fourth-order valence-corrected chi connectivity index (χ4v) is 2.11. The molecule has 0 aliphatic heterocycles. The summed E-state index contributed by atoms with van der Waals surface area (Å²) >= 11 is 6.15. The van der Waals surface area contributed by atoms with Crippen LogP contribution in [0.3, 0.4) is 0 Å². The average molecular weight is 297 g/mol. The van der Waals surface area contributed by atoms with Crippen LogP contribution >= 0.6 is 11.6 Å². The van der Waals surface area contributed by atoms with Crippen molar-refractivity contribution in [3.8, 4) is 5.75 Å². The van der Waals surface area contributed by atoms with Crippen LogP contribution < -0.4 is 4.74 Å². The van der Waals surface area contributed by atoms with Crippen molar-refractivity contribution in [2.24, 2.45) is 0 Å². The van der Waals surface area contributed by atoms with E-state index in [1.165, 1.54) is 18.2 Å². The molecule has 1 aromatic heterocycles. The number of nitrogens with zero attached hydrogens (tertiary/aromatic N) is 2. The van der Waals surface area contributed by atoms with Gasteiger partial charge in [-0.25, -0.2) is 4.39 Å². The minimum Gasteiger partial charge on any atom is -0.483 e. The molecule has 106 valence electrons. The first-order valence-corrected chi connectivity index (χ1v) is 6.54. The molecule has 0 amide bonds. The molecule has 1 heterocycles. The number of rotatable bonds is 5. The number of aryl methyl sites for hydroxylation is 2. The summed E-state index contributed by atoms with van der Waals surface area (Å²) in [5.41, 5.74) is 1.52. The van der Waals surface area contributed by atoms with Gasteiger partial charge in [-0.2, -0.15) is 5.10 Å². The molecule has 0 spiro atoms. The van der Waals surface area contributed by atoms with E-state index in [1.807, 2.05) is 6.92 Å². The SMILES string of the molecule is CCn1nc(C)c(Cl)c1COc1c(F)cccc1C=O. The van der Waals surface area contributed by atoms with Gasteiger partial charge in [0.15, 0.2) is 17.9 Å². The Morgan fingerprint density at radius 1 is 1.50 bits per heavy atom. The average Bonchev–Trinajstić information content (AvgIpc) is 2.72. The molecule has 0 N–H and O–H groups in total. The number of ether oxygens (including phenoxy) is 1. The first kappa shape index (κ1) is 14.5. The highest BCUT2D eigenvalue weighted by molar-refractivity contribution is 6.31. The standard InChI is InChI=1S/C14H14ClFN2O2/c1-3-18-12(13(15)9(2)17-18)8-20-14-10(7-19)5-4-6-11(14)16/h4-7H,3,8H2,1-2H3. The number of carbonyl (C=O) groups is 1. The van der Waals surface area contributed by atoms with E-state index in [2.05, 4.69) is 5.10 Å². The van der Waals surface area contributed by atoms with Gasteiger partial charge in [-0.05, 0) is 26.0 Å². The lowest BCUT2D eigenvalue weighted by Gasteiger charge is -2.10. The Morgan fingerprint density at radius 3 is 2.90 bits per heavy atom. The molecule has 2 aromatic rings. The molecule has 0 unspecified atom stereocenters. The van der Waals surface area contributed by atoms with Crippen LogP contribution in [-0.2, 0) is 13.2 Å². The molecular weight excluding hydrogens is 283 g/mol. The molecular formula is C14H14ClFN2O2. The van der Waals surface area contributed by atoms with E-state index in [4.69, 9.17) is 16.3 Å². The number of halogens is 2. The van der Waals surface area contributed by atoms with Gasteiger partial charge in [-0.1, -0.05) is 17.7 Å². The summed E-state index contributed by atoms with van der Waals surface area (Å²) in [6, 6.07) is 4.20. The number of para-hydroxylation sites is 1. The van der Waals surface area contributed by atoms with Crippen LogP contribution in [0.1, 0.15) is 28.7 Å². The zero-order valence-electron chi connectivity index (χ0n) is 11.2. The second-order valence-electron chi connectivity index (χ2n) is 4.23. The predicted molar refractivity (Wildman–Crippen MR) is 73.8 cm³/mol. The molecule has 0 saturated heterocycles. The van der Waals surface area contributed by atoms with Gasteiger partial charge in [-0.15, -0.1) is 0 Å². The van der Waals surface area contributed by atoms with Gasteiger partial charge in [0, 0.05) is 6.54 Å². The smallest absolute Gasteiger partial charge is 0.166 e. The number of hydrogen-bond acceptors (Lipinski definition) is 3. The minimum absolute atomic E-state index is 0.0509. The Bertz CT molecular complexity index is 640. The van der Waals surface area contributed by atoms with Crippen molar-refractivity contribution in [2.45, 2.75) is 27.0 Å². The number of aromatic nitrogens is 2. The maximum absolute atomic E-state index is 13.7. The Hall–Kier alpha value is -1.88. The molecule has 0 bridgehead atoms. The third-order valence-corrected chi connectivity index (χ3v) is 3.42. The Morgan fingerprint density at radius 2 is 2.25 bits per heavy atom. The molecule has 0 aliphatic carbocycles. The second kappa shape index (κ2) is 6.05. The highest BCUT2D eigenvalue weighted by Crippen LogP contribution is 2.25. The van der Waals surface area contributed by atoms with Crippen molar-refractivity contribution in [3.05, 3.63) is 46.0 Å². The molecule has 0 radical (unpaired) electrons.